The van der Waals surface area contributed by atoms with Crippen molar-refractivity contribution < 1.29 is 19.2 Å². The van der Waals surface area contributed by atoms with E-state index in [1.54, 1.807) is 35.3 Å². The van der Waals surface area contributed by atoms with Crippen LogP contribution in [-0.4, -0.2) is 75.6 Å². The monoisotopic (exact) mass is 573 g/mol. The number of likely N-dealkylation sites (tertiary alicyclic amines) is 2. The van der Waals surface area contributed by atoms with Gasteiger partial charge < -0.3 is 20.4 Å². The maximum atomic E-state index is 14.2. The Morgan fingerprint density at radius 1 is 1.17 bits per heavy atom. The fourth-order valence-electron chi connectivity index (χ4n) is 6.70. The van der Waals surface area contributed by atoms with Crippen LogP contribution in [0.15, 0.2) is 30.7 Å². The van der Waals surface area contributed by atoms with E-state index in [4.69, 9.17) is 0 Å². The molecule has 1 aliphatic carbocycles. The minimum atomic E-state index is -1.01. The van der Waals surface area contributed by atoms with Gasteiger partial charge in [0.25, 0.3) is 0 Å². The summed E-state index contributed by atoms with van der Waals surface area (Å²) < 4.78 is 0. The first kappa shape index (κ1) is 29.4. The van der Waals surface area contributed by atoms with E-state index in [0.717, 1.165) is 5.39 Å². The molecule has 11 heteroatoms. The van der Waals surface area contributed by atoms with Crippen LogP contribution >= 0.6 is 0 Å². The first-order valence-electron chi connectivity index (χ1n) is 14.5. The van der Waals surface area contributed by atoms with Crippen LogP contribution in [0, 0.1) is 39.9 Å². The summed E-state index contributed by atoms with van der Waals surface area (Å²) >= 11 is 0. The van der Waals surface area contributed by atoms with Gasteiger partial charge in [-0.2, -0.15) is 5.26 Å². The van der Waals surface area contributed by atoms with E-state index in [1.165, 1.54) is 6.20 Å². The van der Waals surface area contributed by atoms with E-state index < -0.39 is 35.4 Å². The molecule has 6 atom stereocenters. The number of hydrogen-bond acceptors (Lipinski definition) is 7. The van der Waals surface area contributed by atoms with Crippen LogP contribution in [0.4, 0.5) is 0 Å². The molecule has 0 spiro atoms. The van der Waals surface area contributed by atoms with Crippen molar-refractivity contribution in [3.63, 3.8) is 0 Å². The Morgan fingerprint density at radius 2 is 1.90 bits per heavy atom. The molecule has 0 radical (unpaired) electrons. The zero-order valence-corrected chi connectivity index (χ0v) is 25.0. The van der Waals surface area contributed by atoms with Gasteiger partial charge in [-0.05, 0) is 41.2 Å². The van der Waals surface area contributed by atoms with Crippen molar-refractivity contribution in [1.82, 2.24) is 30.4 Å². The van der Waals surface area contributed by atoms with Crippen molar-refractivity contribution in [1.29, 1.82) is 5.26 Å². The van der Waals surface area contributed by atoms with Gasteiger partial charge in [-0.3, -0.25) is 29.1 Å². The van der Waals surface area contributed by atoms with Crippen molar-refractivity contribution in [3.8, 4) is 6.07 Å². The largest absolute Gasteiger partial charge is 0.346 e. The zero-order chi connectivity index (χ0) is 30.6. The molecule has 2 aromatic heterocycles. The number of piperidine rings is 2. The fourth-order valence-corrected chi connectivity index (χ4v) is 6.70. The van der Waals surface area contributed by atoms with E-state index in [0.29, 0.717) is 30.6 Å². The van der Waals surface area contributed by atoms with E-state index in [1.807, 2.05) is 26.8 Å². The molecular formula is C31H39N7O4. The van der Waals surface area contributed by atoms with Crippen LogP contribution < -0.4 is 10.6 Å². The van der Waals surface area contributed by atoms with Crippen LogP contribution in [0.3, 0.4) is 0 Å². The molecule has 3 aliphatic rings. The SMILES string of the molecule is CN1CCC(C(=O)N[C@H](C(=O)N2C[C@H]3[C@@H]([C@H]2C(=O)NC(C#N)c2cncc4cccnc24)C3(C)C)C(C)(C)C)CC1=O. The molecule has 11 nitrogen and oxygen atoms in total. The van der Waals surface area contributed by atoms with Crippen LogP contribution in [0.25, 0.3) is 10.9 Å². The lowest BCUT2D eigenvalue weighted by molar-refractivity contribution is -0.147. The predicted molar refractivity (Wildman–Crippen MR) is 154 cm³/mol. The van der Waals surface area contributed by atoms with Crippen molar-refractivity contribution in [2.45, 2.75) is 65.6 Å². The number of carbonyl (C=O) groups is 4. The van der Waals surface area contributed by atoms with E-state index in [9.17, 15) is 24.4 Å². The minimum absolute atomic E-state index is 0.0765. The summed E-state index contributed by atoms with van der Waals surface area (Å²) in [4.78, 5) is 65.5. The number of aromatic nitrogens is 2. The van der Waals surface area contributed by atoms with Crippen molar-refractivity contribution in [2.75, 3.05) is 20.1 Å². The maximum Gasteiger partial charge on any atom is 0.246 e. The van der Waals surface area contributed by atoms with E-state index in [2.05, 4.69) is 40.5 Å². The Labute approximate surface area is 246 Å². The Kier molecular flexibility index (Phi) is 7.46. The third kappa shape index (κ3) is 5.19. The predicted octanol–water partition coefficient (Wildman–Crippen LogP) is 2.19. The molecule has 4 heterocycles. The Balaban J connectivity index is 1.38. The molecule has 5 rings (SSSR count). The van der Waals surface area contributed by atoms with Gasteiger partial charge in [0.1, 0.15) is 18.1 Å². The lowest BCUT2D eigenvalue weighted by Crippen LogP contribution is -2.60. The first-order chi connectivity index (χ1) is 19.8. The van der Waals surface area contributed by atoms with Gasteiger partial charge in [0.05, 0.1) is 11.6 Å². The van der Waals surface area contributed by atoms with Gasteiger partial charge in [-0.15, -0.1) is 0 Å². The third-order valence-electron chi connectivity index (χ3n) is 9.46. The smallest absolute Gasteiger partial charge is 0.246 e. The van der Waals surface area contributed by atoms with Crippen LogP contribution in [0.2, 0.25) is 0 Å². The number of nitrogens with zero attached hydrogens (tertiary/aromatic N) is 5. The fraction of sp³-hybridized carbons (Fsp3) is 0.581. The summed E-state index contributed by atoms with van der Waals surface area (Å²) in [5.74, 6) is -1.62. The Morgan fingerprint density at radius 3 is 2.57 bits per heavy atom. The summed E-state index contributed by atoms with van der Waals surface area (Å²) in [7, 11) is 1.72. The van der Waals surface area contributed by atoms with Gasteiger partial charge >= 0.3 is 0 Å². The molecule has 42 heavy (non-hydrogen) atoms. The number of pyridine rings is 2. The lowest BCUT2D eigenvalue weighted by atomic mass is 9.84. The second-order valence-corrected chi connectivity index (χ2v) is 13.6. The topological polar surface area (TPSA) is 148 Å². The van der Waals surface area contributed by atoms with Crippen LogP contribution in [0.5, 0.6) is 0 Å². The van der Waals surface area contributed by atoms with Gasteiger partial charge in [-0.1, -0.05) is 34.6 Å². The molecular weight excluding hydrogens is 534 g/mol. The standard InChI is InChI=1S/C31H39N7O4/c1-30(2,3)26(36-27(40)17-9-11-37(6)22(39)12-17)29(42)38-16-20-23(31(20,4)5)25(38)28(41)35-21(13-32)19-15-33-14-18-8-7-10-34-24(18)19/h7-8,10,14-15,17,20-21,23,25-26H,9,11-12,16H2,1-6H3,(H,35,41)(H,36,40)/t17?,20-,21?,23-,25-,26+/m0/s1. The molecule has 2 unspecified atom stereocenters. The average Bonchev–Trinajstić information content (AvgIpc) is 3.26. The Hall–Kier alpha value is -4.07. The number of hydrogen-bond donors (Lipinski definition) is 2. The number of carbonyl (C=O) groups excluding carboxylic acids is 4. The second kappa shape index (κ2) is 10.6. The van der Waals surface area contributed by atoms with Crippen LogP contribution in [0.1, 0.15) is 59.1 Å². The van der Waals surface area contributed by atoms with Crippen molar-refractivity contribution >= 4 is 34.5 Å². The van der Waals surface area contributed by atoms with Gasteiger partial charge in [0.15, 0.2) is 0 Å². The summed E-state index contributed by atoms with van der Waals surface area (Å²) in [5.41, 5.74) is 0.268. The highest BCUT2D eigenvalue weighted by Crippen LogP contribution is 2.65. The van der Waals surface area contributed by atoms with E-state index in [-0.39, 0.29) is 41.4 Å². The number of nitriles is 1. The number of amides is 4. The van der Waals surface area contributed by atoms with Crippen molar-refractivity contribution in [2.24, 2.45) is 28.6 Å². The lowest BCUT2D eigenvalue weighted by Gasteiger charge is -2.38. The first-order valence-corrected chi connectivity index (χ1v) is 14.5. The maximum absolute atomic E-state index is 14.2. The molecule has 2 saturated heterocycles. The molecule has 222 valence electrons. The highest BCUT2D eigenvalue weighted by molar-refractivity contribution is 5.95. The molecule has 0 bridgehead atoms. The summed E-state index contributed by atoms with van der Waals surface area (Å²) in [6.07, 6.45) is 5.44. The minimum Gasteiger partial charge on any atom is -0.346 e. The Bertz CT molecular complexity index is 1470. The van der Waals surface area contributed by atoms with Gasteiger partial charge in [0.2, 0.25) is 23.6 Å². The molecule has 1 saturated carbocycles. The average molecular weight is 574 g/mol. The highest BCUT2D eigenvalue weighted by Gasteiger charge is 2.69. The number of rotatable bonds is 6. The summed E-state index contributed by atoms with van der Waals surface area (Å²) in [6, 6.07) is 3.09. The highest BCUT2D eigenvalue weighted by atomic mass is 16.2. The summed E-state index contributed by atoms with van der Waals surface area (Å²) in [5, 5.41) is 16.6. The van der Waals surface area contributed by atoms with Gasteiger partial charge in [-0.25, -0.2) is 0 Å². The number of nitrogens with one attached hydrogen (secondary N) is 2. The number of fused-ring (bicyclic) bond motifs is 2. The normalized spacial score (nSPS) is 26.2. The van der Waals surface area contributed by atoms with E-state index >= 15 is 0 Å². The molecule has 3 fully saturated rings. The molecule has 2 aliphatic heterocycles. The third-order valence-corrected chi connectivity index (χ3v) is 9.46. The van der Waals surface area contributed by atoms with Gasteiger partial charge in [0, 0.05) is 62.0 Å². The quantitative estimate of drug-likeness (QED) is 0.538. The molecule has 0 aromatic carbocycles. The van der Waals surface area contributed by atoms with Crippen molar-refractivity contribution in [3.05, 3.63) is 36.3 Å². The molecule has 2 aromatic rings. The molecule has 4 amide bonds. The molecule has 2 N–H and O–H groups in total. The zero-order valence-electron chi connectivity index (χ0n) is 25.0. The second-order valence-electron chi connectivity index (χ2n) is 13.6. The van der Waals surface area contributed by atoms with Crippen LogP contribution in [-0.2, 0) is 19.2 Å². The summed E-state index contributed by atoms with van der Waals surface area (Å²) in [6.45, 7) is 10.7.